The molecule has 0 aliphatic heterocycles. The Bertz CT molecular complexity index is 1050. The maximum absolute atomic E-state index is 4.92. The van der Waals surface area contributed by atoms with Gasteiger partial charge in [0.1, 0.15) is 5.82 Å². The number of fused-ring (bicyclic) bond motifs is 1. The number of rotatable bonds is 6. The van der Waals surface area contributed by atoms with Gasteiger partial charge in [-0.2, -0.15) is 0 Å². The van der Waals surface area contributed by atoms with Gasteiger partial charge < -0.3 is 0 Å². The molecular formula is C24H26N2. The molecule has 0 amide bonds. The monoisotopic (exact) mass is 342 g/mol. The van der Waals surface area contributed by atoms with Crippen molar-refractivity contribution < 1.29 is 0 Å². The van der Waals surface area contributed by atoms with E-state index in [4.69, 9.17) is 4.98 Å². The van der Waals surface area contributed by atoms with Gasteiger partial charge in [-0.15, -0.1) is 0 Å². The molecule has 0 unspecified atom stereocenters. The summed E-state index contributed by atoms with van der Waals surface area (Å²) < 4.78 is 2.12. The lowest BCUT2D eigenvalue weighted by Gasteiger charge is -2.08. The summed E-state index contributed by atoms with van der Waals surface area (Å²) in [5, 5.41) is 2.12. The van der Waals surface area contributed by atoms with Crippen molar-refractivity contribution in [2.24, 2.45) is 0 Å². The van der Waals surface area contributed by atoms with Crippen molar-refractivity contribution in [1.82, 2.24) is 9.55 Å². The van der Waals surface area contributed by atoms with E-state index in [2.05, 4.69) is 30.4 Å². The number of hydrogen-bond donors (Lipinski definition) is 0. The zero-order valence-electron chi connectivity index (χ0n) is 15.9. The first-order valence-electron chi connectivity index (χ1n) is 8.72. The van der Waals surface area contributed by atoms with Crippen LogP contribution in [0.3, 0.4) is 0 Å². The molecule has 0 radical (unpaired) electrons. The van der Waals surface area contributed by atoms with E-state index >= 15 is 0 Å². The van der Waals surface area contributed by atoms with E-state index in [9.17, 15) is 0 Å². The summed E-state index contributed by atoms with van der Waals surface area (Å²) >= 11 is 0. The Kier molecular flexibility index (Phi) is 6.51. The largest absolute Gasteiger partial charge is 0.299 e. The van der Waals surface area contributed by atoms with Crippen LogP contribution in [0.25, 0.3) is 47.6 Å². The van der Waals surface area contributed by atoms with Gasteiger partial charge in [0.2, 0.25) is 0 Å². The molecule has 0 bridgehead atoms. The SMILES string of the molecule is C=C/C=c1/c(C=C)c(/C=C\C)c2nc(/C=C\C)n(/C=C\C)c2/c1=C/C=C. The Hall–Kier alpha value is -3.13. The molecule has 132 valence electrons. The van der Waals surface area contributed by atoms with Gasteiger partial charge in [0.05, 0.1) is 11.0 Å². The molecule has 1 aromatic carbocycles. The lowest BCUT2D eigenvalue weighted by Crippen LogP contribution is -2.30. The van der Waals surface area contributed by atoms with Crippen molar-refractivity contribution in [3.8, 4) is 0 Å². The van der Waals surface area contributed by atoms with Crippen LogP contribution in [-0.4, -0.2) is 9.55 Å². The number of nitrogens with zero attached hydrogens (tertiary/aromatic N) is 2. The topological polar surface area (TPSA) is 17.8 Å². The second kappa shape index (κ2) is 8.82. The summed E-state index contributed by atoms with van der Waals surface area (Å²) in [7, 11) is 0. The van der Waals surface area contributed by atoms with E-state index in [-0.39, 0.29) is 0 Å². The van der Waals surface area contributed by atoms with Crippen LogP contribution in [0.2, 0.25) is 0 Å². The van der Waals surface area contributed by atoms with Gasteiger partial charge in [-0.1, -0.05) is 74.4 Å². The highest BCUT2D eigenvalue weighted by Gasteiger charge is 2.15. The Labute approximate surface area is 155 Å². The normalized spacial score (nSPS) is 13.7. The van der Waals surface area contributed by atoms with E-state index in [0.717, 1.165) is 38.4 Å². The molecular weight excluding hydrogens is 316 g/mol. The lowest BCUT2D eigenvalue weighted by atomic mass is 9.99. The van der Waals surface area contributed by atoms with Gasteiger partial charge in [0.25, 0.3) is 0 Å². The molecule has 2 aromatic rings. The van der Waals surface area contributed by atoms with Crippen LogP contribution >= 0.6 is 0 Å². The Morgan fingerprint density at radius 1 is 0.808 bits per heavy atom. The summed E-state index contributed by atoms with van der Waals surface area (Å²) in [5.41, 5.74) is 4.09. The first-order valence-corrected chi connectivity index (χ1v) is 8.72. The summed E-state index contributed by atoms with van der Waals surface area (Å²) in [6.07, 6.45) is 21.7. The second-order valence-corrected chi connectivity index (χ2v) is 5.68. The van der Waals surface area contributed by atoms with E-state index in [1.807, 2.05) is 69.5 Å². The number of aromatic nitrogens is 2. The highest BCUT2D eigenvalue weighted by molar-refractivity contribution is 5.93. The highest BCUT2D eigenvalue weighted by Crippen LogP contribution is 2.22. The molecule has 26 heavy (non-hydrogen) atoms. The van der Waals surface area contributed by atoms with E-state index in [1.165, 1.54) is 0 Å². The molecule has 0 saturated carbocycles. The van der Waals surface area contributed by atoms with Crippen LogP contribution in [0.1, 0.15) is 37.7 Å². The van der Waals surface area contributed by atoms with Crippen LogP contribution in [0.5, 0.6) is 0 Å². The first kappa shape index (κ1) is 19.2. The van der Waals surface area contributed by atoms with Crippen molar-refractivity contribution >= 4 is 47.6 Å². The summed E-state index contributed by atoms with van der Waals surface area (Å²) in [6, 6.07) is 0. The van der Waals surface area contributed by atoms with E-state index in [1.54, 1.807) is 12.2 Å². The molecule has 0 spiro atoms. The predicted octanol–water partition coefficient (Wildman–Crippen LogP) is 5.17. The Morgan fingerprint density at radius 3 is 2.00 bits per heavy atom. The number of imidazole rings is 1. The predicted molar refractivity (Wildman–Crippen MR) is 119 cm³/mol. The molecule has 2 nitrogen and oxygen atoms in total. The average molecular weight is 342 g/mol. The van der Waals surface area contributed by atoms with Crippen LogP contribution < -0.4 is 10.4 Å². The smallest absolute Gasteiger partial charge is 0.137 e. The third kappa shape index (κ3) is 3.31. The van der Waals surface area contributed by atoms with Crippen molar-refractivity contribution in [1.29, 1.82) is 0 Å². The fourth-order valence-corrected chi connectivity index (χ4v) is 3.15. The molecule has 0 aliphatic rings. The van der Waals surface area contributed by atoms with Crippen LogP contribution in [0.4, 0.5) is 0 Å². The van der Waals surface area contributed by atoms with Gasteiger partial charge in [-0.25, -0.2) is 4.98 Å². The van der Waals surface area contributed by atoms with Crippen molar-refractivity contribution in [2.45, 2.75) is 20.8 Å². The Balaban J connectivity index is 3.36. The third-order valence-electron chi connectivity index (χ3n) is 4.04. The maximum atomic E-state index is 4.92. The molecule has 2 rings (SSSR count). The standard InChI is InChI=1S/C24H26N2/c1-7-13-19-18(12-6)20(14-8-2)23-24(21(19)15-9-3)26(17-11-5)22(25-23)16-10-4/h7-17H,1,3,6H2,2,4-5H3/b14-8-,16-10-,17-11-,19-13-,21-15+. The number of allylic oxidation sites excluding steroid dienone is 5. The fraction of sp³-hybridized carbons (Fsp3) is 0.125. The quantitative estimate of drug-likeness (QED) is 0.708. The van der Waals surface area contributed by atoms with Crippen molar-refractivity contribution in [3.63, 3.8) is 0 Å². The van der Waals surface area contributed by atoms with Gasteiger partial charge in [0.15, 0.2) is 0 Å². The molecule has 0 saturated heterocycles. The zero-order chi connectivity index (χ0) is 19.1. The second-order valence-electron chi connectivity index (χ2n) is 5.68. The summed E-state index contributed by atoms with van der Waals surface area (Å²) in [5.74, 6) is 0.885. The van der Waals surface area contributed by atoms with Crippen LogP contribution in [-0.2, 0) is 0 Å². The molecule has 0 atom stereocenters. The number of hydrogen-bond acceptors (Lipinski definition) is 1. The van der Waals surface area contributed by atoms with Crippen molar-refractivity contribution in [3.05, 3.63) is 77.5 Å². The van der Waals surface area contributed by atoms with Gasteiger partial charge in [0, 0.05) is 17.0 Å². The van der Waals surface area contributed by atoms with E-state index < -0.39 is 0 Å². The Morgan fingerprint density at radius 2 is 1.46 bits per heavy atom. The minimum absolute atomic E-state index is 0.885. The van der Waals surface area contributed by atoms with Crippen LogP contribution in [0, 0.1) is 0 Å². The zero-order valence-corrected chi connectivity index (χ0v) is 15.9. The fourth-order valence-electron chi connectivity index (χ4n) is 3.15. The molecule has 2 heteroatoms. The average Bonchev–Trinajstić information content (AvgIpc) is 2.97. The minimum atomic E-state index is 0.885. The van der Waals surface area contributed by atoms with Crippen molar-refractivity contribution in [2.75, 3.05) is 0 Å². The highest BCUT2D eigenvalue weighted by atomic mass is 15.1. The summed E-state index contributed by atoms with van der Waals surface area (Å²) in [4.78, 5) is 4.92. The molecule has 0 fully saturated rings. The molecule has 0 N–H and O–H groups in total. The van der Waals surface area contributed by atoms with Gasteiger partial charge in [-0.3, -0.25) is 4.57 Å². The summed E-state index contributed by atoms with van der Waals surface area (Å²) in [6.45, 7) is 17.8. The molecule has 1 aromatic heterocycles. The van der Waals surface area contributed by atoms with Gasteiger partial charge in [-0.05, 0) is 37.6 Å². The van der Waals surface area contributed by atoms with E-state index in [0.29, 0.717) is 0 Å². The van der Waals surface area contributed by atoms with Gasteiger partial charge >= 0.3 is 0 Å². The minimum Gasteiger partial charge on any atom is -0.299 e. The first-order chi connectivity index (χ1) is 12.7. The maximum Gasteiger partial charge on any atom is 0.137 e. The third-order valence-corrected chi connectivity index (χ3v) is 4.04. The lowest BCUT2D eigenvalue weighted by molar-refractivity contribution is 1.13. The molecule has 1 heterocycles. The molecule has 0 aliphatic carbocycles. The van der Waals surface area contributed by atoms with Crippen LogP contribution in [0.15, 0.2) is 50.1 Å². The number of benzene rings is 1.